The smallest absolute Gasteiger partial charge is 0.323 e. The number of sulfonamides is 1. The maximum Gasteiger partial charge on any atom is 0.323 e. The number of esters is 1. The maximum absolute atomic E-state index is 11.4. The highest BCUT2D eigenvalue weighted by molar-refractivity contribution is 7.89. The van der Waals surface area contributed by atoms with Crippen molar-refractivity contribution in [3.05, 3.63) is 0 Å². The minimum atomic E-state index is -3.39. The molecule has 0 spiro atoms. The van der Waals surface area contributed by atoms with Gasteiger partial charge in [-0.2, -0.15) is 0 Å². The molecule has 0 aromatic heterocycles. The van der Waals surface area contributed by atoms with Crippen LogP contribution in [-0.2, 0) is 19.6 Å². The van der Waals surface area contributed by atoms with Crippen molar-refractivity contribution in [3.8, 4) is 0 Å². The van der Waals surface area contributed by atoms with Crippen LogP contribution in [0.25, 0.3) is 0 Å². The zero-order valence-corrected chi connectivity index (χ0v) is 9.72. The fourth-order valence-electron chi connectivity index (χ4n) is 0.981. The number of nitrogens with one attached hydrogen (secondary N) is 1. The molecule has 14 heavy (non-hydrogen) atoms. The Bertz CT molecular complexity index is 284. The molecule has 0 aliphatic carbocycles. The average Bonchev–Trinajstić information content (AvgIpc) is 1.99. The summed E-state index contributed by atoms with van der Waals surface area (Å²) in [5.41, 5.74) is 0. The molecule has 6 heteroatoms. The lowest BCUT2D eigenvalue weighted by Crippen LogP contribution is -2.41. The summed E-state index contributed by atoms with van der Waals surface area (Å²) in [5, 5.41) is 0. The number of carbonyl (C=O) groups is 1. The van der Waals surface area contributed by atoms with E-state index in [9.17, 15) is 13.2 Å². The third-order valence-corrected chi connectivity index (χ3v) is 3.28. The molecule has 0 rings (SSSR count). The van der Waals surface area contributed by atoms with Gasteiger partial charge in [0.05, 0.1) is 12.9 Å². The SMILES string of the molecule is COC(=O)C(C)NS(=O)(=O)CC(C)C. The zero-order chi connectivity index (χ0) is 11.4. The van der Waals surface area contributed by atoms with Gasteiger partial charge < -0.3 is 4.74 Å². The molecule has 0 saturated heterocycles. The van der Waals surface area contributed by atoms with E-state index in [0.717, 1.165) is 0 Å². The van der Waals surface area contributed by atoms with Crippen molar-refractivity contribution in [2.24, 2.45) is 5.92 Å². The lowest BCUT2D eigenvalue weighted by Gasteiger charge is -2.13. The summed E-state index contributed by atoms with van der Waals surface area (Å²) in [5.74, 6) is -0.552. The first-order chi connectivity index (χ1) is 6.28. The predicted octanol–water partition coefficient (Wildman–Crippen LogP) is 0.123. The van der Waals surface area contributed by atoms with Crippen molar-refractivity contribution >= 4 is 16.0 Å². The van der Waals surface area contributed by atoms with Crippen molar-refractivity contribution in [1.82, 2.24) is 4.72 Å². The van der Waals surface area contributed by atoms with Crippen molar-refractivity contribution in [2.45, 2.75) is 26.8 Å². The Morgan fingerprint density at radius 3 is 2.21 bits per heavy atom. The molecule has 0 aliphatic rings. The normalized spacial score (nSPS) is 14.1. The van der Waals surface area contributed by atoms with E-state index < -0.39 is 22.0 Å². The molecule has 0 saturated carbocycles. The van der Waals surface area contributed by atoms with E-state index in [1.165, 1.54) is 14.0 Å². The first-order valence-electron chi connectivity index (χ1n) is 4.36. The zero-order valence-electron chi connectivity index (χ0n) is 8.90. The van der Waals surface area contributed by atoms with Gasteiger partial charge in [-0.25, -0.2) is 13.1 Å². The number of ether oxygens (including phenoxy) is 1. The van der Waals surface area contributed by atoms with Crippen LogP contribution in [0, 0.1) is 5.92 Å². The molecule has 1 atom stereocenters. The largest absolute Gasteiger partial charge is 0.468 e. The van der Waals surface area contributed by atoms with Gasteiger partial charge in [0.1, 0.15) is 6.04 Å². The number of hydrogen-bond acceptors (Lipinski definition) is 4. The van der Waals surface area contributed by atoms with E-state index in [1.54, 1.807) is 13.8 Å². The highest BCUT2D eigenvalue weighted by Crippen LogP contribution is 1.99. The molecular formula is C8H17NO4S. The summed E-state index contributed by atoms with van der Waals surface area (Å²) in [7, 11) is -2.17. The van der Waals surface area contributed by atoms with E-state index in [4.69, 9.17) is 0 Å². The molecule has 1 N–H and O–H groups in total. The van der Waals surface area contributed by atoms with Gasteiger partial charge in [-0.1, -0.05) is 13.8 Å². The van der Waals surface area contributed by atoms with Crippen LogP contribution in [0.1, 0.15) is 20.8 Å². The molecule has 0 aromatic carbocycles. The molecule has 0 amide bonds. The minimum Gasteiger partial charge on any atom is -0.468 e. The molecule has 0 radical (unpaired) electrons. The van der Waals surface area contributed by atoms with Gasteiger partial charge in [-0.05, 0) is 12.8 Å². The number of hydrogen-bond donors (Lipinski definition) is 1. The molecular weight excluding hydrogens is 206 g/mol. The number of carbonyl (C=O) groups excluding carboxylic acids is 1. The molecule has 0 heterocycles. The Labute approximate surface area is 84.9 Å². The van der Waals surface area contributed by atoms with Gasteiger partial charge in [-0.15, -0.1) is 0 Å². The van der Waals surface area contributed by atoms with Crippen LogP contribution < -0.4 is 4.72 Å². The van der Waals surface area contributed by atoms with E-state index in [1.807, 2.05) is 0 Å². The first-order valence-corrected chi connectivity index (χ1v) is 6.01. The topological polar surface area (TPSA) is 72.5 Å². The molecule has 0 bridgehead atoms. The van der Waals surface area contributed by atoms with Crippen molar-refractivity contribution in [2.75, 3.05) is 12.9 Å². The Morgan fingerprint density at radius 2 is 1.86 bits per heavy atom. The monoisotopic (exact) mass is 223 g/mol. The second-order valence-electron chi connectivity index (χ2n) is 3.54. The highest BCUT2D eigenvalue weighted by atomic mass is 32.2. The summed E-state index contributed by atoms with van der Waals surface area (Å²) < 4.78 is 29.3. The Kier molecular flexibility index (Phi) is 5.07. The molecule has 84 valence electrons. The molecule has 5 nitrogen and oxygen atoms in total. The van der Waals surface area contributed by atoms with Gasteiger partial charge in [0.25, 0.3) is 0 Å². The van der Waals surface area contributed by atoms with Crippen molar-refractivity contribution < 1.29 is 17.9 Å². The second kappa shape index (κ2) is 5.31. The van der Waals surface area contributed by atoms with Gasteiger partial charge in [-0.3, -0.25) is 4.79 Å². The van der Waals surface area contributed by atoms with E-state index in [2.05, 4.69) is 9.46 Å². The molecule has 1 unspecified atom stereocenters. The summed E-state index contributed by atoms with van der Waals surface area (Å²) in [6.45, 7) is 5.04. The third-order valence-electron chi connectivity index (χ3n) is 1.46. The van der Waals surface area contributed by atoms with Crippen LogP contribution in [0.2, 0.25) is 0 Å². The fourth-order valence-corrected chi connectivity index (χ4v) is 2.59. The fraction of sp³-hybridized carbons (Fsp3) is 0.875. The lowest BCUT2D eigenvalue weighted by molar-refractivity contribution is -0.142. The average molecular weight is 223 g/mol. The summed E-state index contributed by atoms with van der Waals surface area (Å²) in [6, 6.07) is -0.830. The highest BCUT2D eigenvalue weighted by Gasteiger charge is 2.21. The predicted molar refractivity (Wildman–Crippen MR) is 53.2 cm³/mol. The second-order valence-corrected chi connectivity index (χ2v) is 5.34. The maximum atomic E-state index is 11.4. The summed E-state index contributed by atoms with van der Waals surface area (Å²) in [6.07, 6.45) is 0. The van der Waals surface area contributed by atoms with Crippen LogP contribution >= 0.6 is 0 Å². The molecule has 0 aromatic rings. The summed E-state index contributed by atoms with van der Waals surface area (Å²) in [4.78, 5) is 10.9. The number of methoxy groups -OCH3 is 1. The van der Waals surface area contributed by atoms with Crippen LogP contribution in [-0.4, -0.2) is 33.3 Å². The molecule has 0 fully saturated rings. The standard InChI is InChI=1S/C8H17NO4S/c1-6(2)5-14(11,12)9-7(3)8(10)13-4/h6-7,9H,5H2,1-4H3. The van der Waals surface area contributed by atoms with E-state index >= 15 is 0 Å². The van der Waals surface area contributed by atoms with Crippen LogP contribution in [0.4, 0.5) is 0 Å². The van der Waals surface area contributed by atoms with Crippen molar-refractivity contribution in [1.29, 1.82) is 0 Å². The van der Waals surface area contributed by atoms with E-state index in [-0.39, 0.29) is 11.7 Å². The van der Waals surface area contributed by atoms with Gasteiger partial charge in [0.2, 0.25) is 10.0 Å². The summed E-state index contributed by atoms with van der Waals surface area (Å²) >= 11 is 0. The van der Waals surface area contributed by atoms with E-state index in [0.29, 0.717) is 0 Å². The Hall–Kier alpha value is -0.620. The van der Waals surface area contributed by atoms with Gasteiger partial charge in [0.15, 0.2) is 0 Å². The van der Waals surface area contributed by atoms with Gasteiger partial charge in [0, 0.05) is 0 Å². The first kappa shape index (κ1) is 13.4. The minimum absolute atomic E-state index is 0.00827. The quantitative estimate of drug-likeness (QED) is 0.672. The van der Waals surface area contributed by atoms with Crippen LogP contribution in [0.5, 0.6) is 0 Å². The van der Waals surface area contributed by atoms with Crippen molar-refractivity contribution in [3.63, 3.8) is 0 Å². The Morgan fingerprint density at radius 1 is 1.36 bits per heavy atom. The number of rotatable bonds is 5. The molecule has 0 aliphatic heterocycles. The Balaban J connectivity index is 4.30. The third kappa shape index (κ3) is 5.18. The van der Waals surface area contributed by atoms with Crippen LogP contribution in [0.3, 0.4) is 0 Å². The van der Waals surface area contributed by atoms with Crippen LogP contribution in [0.15, 0.2) is 0 Å². The lowest BCUT2D eigenvalue weighted by atomic mass is 10.3. The van der Waals surface area contributed by atoms with Gasteiger partial charge >= 0.3 is 5.97 Å².